The van der Waals surface area contributed by atoms with Crippen molar-refractivity contribution in [2.24, 2.45) is 0 Å². The van der Waals surface area contributed by atoms with E-state index >= 15 is 0 Å². The summed E-state index contributed by atoms with van der Waals surface area (Å²) in [5, 5.41) is 1.05. The van der Waals surface area contributed by atoms with Crippen LogP contribution in [0.3, 0.4) is 0 Å². The molecule has 59 valence electrons. The molecule has 0 atom stereocenters. The summed E-state index contributed by atoms with van der Waals surface area (Å²) in [5.74, 6) is 0.807. The van der Waals surface area contributed by atoms with Gasteiger partial charge in [0.25, 0.3) is 0 Å². The Morgan fingerprint density at radius 3 is 3.17 bits per heavy atom. The van der Waals surface area contributed by atoms with Crippen LogP contribution in [0.25, 0.3) is 10.9 Å². The van der Waals surface area contributed by atoms with Gasteiger partial charge in [-0.1, -0.05) is 12.1 Å². The van der Waals surface area contributed by atoms with Crippen molar-refractivity contribution in [3.8, 4) is 5.75 Å². The van der Waals surface area contributed by atoms with Gasteiger partial charge in [-0.15, -0.1) is 0 Å². The van der Waals surface area contributed by atoms with Gasteiger partial charge >= 0.3 is 0 Å². The van der Waals surface area contributed by atoms with Crippen LogP contribution in [0.1, 0.15) is 0 Å². The van der Waals surface area contributed by atoms with Crippen LogP contribution < -0.4 is 4.74 Å². The zero-order valence-electron chi connectivity index (χ0n) is 6.74. The number of hydrogen-bond donors (Lipinski definition) is 0. The van der Waals surface area contributed by atoms with E-state index in [4.69, 9.17) is 4.74 Å². The summed E-state index contributed by atoms with van der Waals surface area (Å²) in [6, 6.07) is 10.6. The molecule has 0 fully saturated rings. The molecule has 0 aliphatic heterocycles. The lowest BCUT2D eigenvalue weighted by atomic mass is 10.2. The summed E-state index contributed by atoms with van der Waals surface area (Å²) >= 11 is 0. The topological polar surface area (TPSA) is 22.1 Å². The van der Waals surface area contributed by atoms with Gasteiger partial charge in [0.15, 0.2) is 0 Å². The predicted octanol–water partition coefficient (Wildman–Crippen LogP) is 2.04. The maximum absolute atomic E-state index is 5.15. The lowest BCUT2D eigenvalue weighted by Crippen LogP contribution is -1.86. The van der Waals surface area contributed by atoms with Gasteiger partial charge < -0.3 is 4.74 Å². The van der Waals surface area contributed by atoms with E-state index < -0.39 is 0 Å². The van der Waals surface area contributed by atoms with Crippen molar-refractivity contribution >= 4 is 10.9 Å². The Labute approximate surface area is 70.8 Å². The highest BCUT2D eigenvalue weighted by Gasteiger charge is 1.98. The average Bonchev–Trinajstić information content (AvgIpc) is 2.17. The first kappa shape index (κ1) is 7.10. The minimum absolute atomic E-state index is 0.807. The number of benzene rings is 1. The van der Waals surface area contributed by atoms with Crippen LogP contribution in [0.15, 0.2) is 30.5 Å². The van der Waals surface area contributed by atoms with E-state index in [1.54, 1.807) is 13.3 Å². The molecule has 1 radical (unpaired) electrons. The van der Waals surface area contributed by atoms with Gasteiger partial charge in [0.2, 0.25) is 0 Å². The van der Waals surface area contributed by atoms with Gasteiger partial charge in [0, 0.05) is 17.6 Å². The highest BCUT2D eigenvalue weighted by atomic mass is 16.5. The van der Waals surface area contributed by atoms with E-state index in [0.29, 0.717) is 0 Å². The molecule has 0 N–H and O–H groups in total. The van der Waals surface area contributed by atoms with Crippen molar-refractivity contribution in [2.45, 2.75) is 0 Å². The third-order valence-electron chi connectivity index (χ3n) is 1.76. The van der Waals surface area contributed by atoms with E-state index in [2.05, 4.69) is 11.1 Å². The Morgan fingerprint density at radius 2 is 2.33 bits per heavy atom. The van der Waals surface area contributed by atoms with Crippen LogP contribution in [0.5, 0.6) is 5.75 Å². The summed E-state index contributed by atoms with van der Waals surface area (Å²) in [6.45, 7) is 0. The quantitative estimate of drug-likeness (QED) is 0.633. The molecular weight excluding hydrogens is 150 g/mol. The number of para-hydroxylation sites is 1. The largest absolute Gasteiger partial charge is 0.494 e. The van der Waals surface area contributed by atoms with Gasteiger partial charge in [-0.3, -0.25) is 4.98 Å². The second kappa shape index (κ2) is 2.81. The van der Waals surface area contributed by atoms with Crippen molar-refractivity contribution in [1.82, 2.24) is 4.98 Å². The predicted molar refractivity (Wildman–Crippen MR) is 47.1 cm³/mol. The first-order valence-electron chi connectivity index (χ1n) is 3.70. The van der Waals surface area contributed by atoms with Crippen LogP contribution in [-0.4, -0.2) is 12.1 Å². The van der Waals surface area contributed by atoms with Crippen molar-refractivity contribution in [3.63, 3.8) is 0 Å². The number of rotatable bonds is 1. The van der Waals surface area contributed by atoms with E-state index in [9.17, 15) is 0 Å². The fourth-order valence-electron chi connectivity index (χ4n) is 1.19. The monoisotopic (exact) mass is 158 g/mol. The highest BCUT2D eigenvalue weighted by Crippen LogP contribution is 2.21. The SMILES string of the molecule is COc1cccc2c[c]cnc12. The smallest absolute Gasteiger partial charge is 0.145 e. The zero-order chi connectivity index (χ0) is 8.39. The fourth-order valence-corrected chi connectivity index (χ4v) is 1.19. The molecule has 1 aromatic heterocycles. The van der Waals surface area contributed by atoms with Crippen LogP contribution in [0.4, 0.5) is 0 Å². The van der Waals surface area contributed by atoms with Gasteiger partial charge in [-0.05, 0) is 12.1 Å². The Bertz CT molecular complexity index is 392. The molecule has 0 saturated heterocycles. The summed E-state index contributed by atoms with van der Waals surface area (Å²) in [7, 11) is 1.65. The number of aromatic nitrogens is 1. The second-order valence-electron chi connectivity index (χ2n) is 2.47. The van der Waals surface area contributed by atoms with E-state index in [1.807, 2.05) is 24.3 Å². The fraction of sp³-hybridized carbons (Fsp3) is 0.100. The number of ether oxygens (including phenoxy) is 1. The summed E-state index contributed by atoms with van der Waals surface area (Å²) in [4.78, 5) is 4.17. The molecule has 0 aliphatic rings. The van der Waals surface area contributed by atoms with Gasteiger partial charge in [0.1, 0.15) is 11.3 Å². The number of hydrogen-bond acceptors (Lipinski definition) is 2. The number of nitrogens with zero attached hydrogens (tertiary/aromatic N) is 1. The lowest BCUT2D eigenvalue weighted by Gasteiger charge is -2.02. The van der Waals surface area contributed by atoms with E-state index in [1.165, 1.54) is 0 Å². The Hall–Kier alpha value is -1.57. The standard InChI is InChI=1S/C10H8NO/c1-12-9-6-2-4-8-5-3-7-11-10(8)9/h2,4-7H,1H3. The van der Waals surface area contributed by atoms with Gasteiger partial charge in [0.05, 0.1) is 7.11 Å². The lowest BCUT2D eigenvalue weighted by molar-refractivity contribution is 0.419. The van der Waals surface area contributed by atoms with E-state index in [-0.39, 0.29) is 0 Å². The van der Waals surface area contributed by atoms with Gasteiger partial charge in [-0.2, -0.15) is 0 Å². The van der Waals surface area contributed by atoms with Crippen molar-refractivity contribution in [3.05, 3.63) is 36.5 Å². The molecule has 2 heteroatoms. The third kappa shape index (κ3) is 1.01. The number of pyridine rings is 1. The van der Waals surface area contributed by atoms with Crippen molar-refractivity contribution < 1.29 is 4.74 Å². The molecule has 2 nitrogen and oxygen atoms in total. The second-order valence-corrected chi connectivity index (χ2v) is 2.47. The van der Waals surface area contributed by atoms with Crippen molar-refractivity contribution in [2.75, 3.05) is 7.11 Å². The van der Waals surface area contributed by atoms with Gasteiger partial charge in [-0.25, -0.2) is 0 Å². The van der Waals surface area contributed by atoms with Crippen LogP contribution in [-0.2, 0) is 0 Å². The Balaban J connectivity index is 2.79. The molecule has 1 heterocycles. The normalized spacial score (nSPS) is 10.1. The summed E-state index contributed by atoms with van der Waals surface area (Å²) in [6.07, 6.45) is 1.64. The minimum Gasteiger partial charge on any atom is -0.494 e. The molecule has 0 spiro atoms. The molecule has 0 saturated carbocycles. The first-order valence-corrected chi connectivity index (χ1v) is 3.70. The molecule has 0 unspecified atom stereocenters. The Kier molecular flexibility index (Phi) is 1.67. The zero-order valence-corrected chi connectivity index (χ0v) is 6.74. The summed E-state index contributed by atoms with van der Waals surface area (Å²) in [5.41, 5.74) is 0.888. The summed E-state index contributed by atoms with van der Waals surface area (Å²) < 4.78 is 5.15. The maximum atomic E-state index is 5.15. The third-order valence-corrected chi connectivity index (χ3v) is 1.76. The average molecular weight is 158 g/mol. The van der Waals surface area contributed by atoms with E-state index in [0.717, 1.165) is 16.7 Å². The molecule has 2 rings (SSSR count). The molecule has 2 aromatic rings. The number of methoxy groups -OCH3 is 1. The van der Waals surface area contributed by atoms with Crippen molar-refractivity contribution in [1.29, 1.82) is 0 Å². The highest BCUT2D eigenvalue weighted by molar-refractivity contribution is 5.83. The van der Waals surface area contributed by atoms with Crippen LogP contribution >= 0.6 is 0 Å². The first-order chi connectivity index (χ1) is 5.92. The molecular formula is C10H8NO. The Morgan fingerprint density at radius 1 is 1.42 bits per heavy atom. The van der Waals surface area contributed by atoms with Crippen LogP contribution in [0, 0.1) is 6.07 Å². The van der Waals surface area contributed by atoms with Crippen LogP contribution in [0.2, 0.25) is 0 Å². The minimum atomic E-state index is 0.807. The molecule has 0 amide bonds. The molecule has 0 bridgehead atoms. The molecule has 1 aromatic carbocycles. The molecule has 12 heavy (non-hydrogen) atoms. The molecule has 0 aliphatic carbocycles. The maximum Gasteiger partial charge on any atom is 0.145 e. The number of fused-ring (bicyclic) bond motifs is 1.